The van der Waals surface area contributed by atoms with Gasteiger partial charge in [-0.1, -0.05) is 13.0 Å². The van der Waals surface area contributed by atoms with Crippen molar-refractivity contribution in [2.24, 2.45) is 0 Å². The van der Waals surface area contributed by atoms with Crippen LogP contribution >= 0.6 is 0 Å². The largest absolute Gasteiger partial charge is 0.481 e. The third-order valence-corrected chi connectivity index (χ3v) is 2.77. The summed E-state index contributed by atoms with van der Waals surface area (Å²) in [7, 11) is 1.50. The number of ether oxygens (including phenoxy) is 1. The summed E-state index contributed by atoms with van der Waals surface area (Å²) in [5.41, 5.74) is 0.800. The smallest absolute Gasteiger partial charge is 0.389 e. The molecule has 0 saturated heterocycles. The van der Waals surface area contributed by atoms with Crippen LogP contribution in [0.25, 0.3) is 0 Å². The van der Waals surface area contributed by atoms with Gasteiger partial charge in [-0.3, -0.25) is 0 Å². The van der Waals surface area contributed by atoms with E-state index in [0.29, 0.717) is 18.8 Å². The van der Waals surface area contributed by atoms with E-state index in [1.165, 1.54) is 7.11 Å². The van der Waals surface area contributed by atoms with Gasteiger partial charge in [-0.2, -0.15) is 13.2 Å². The van der Waals surface area contributed by atoms with Crippen LogP contribution in [0.3, 0.4) is 0 Å². The molecular weight excluding hydrogens is 257 g/mol. The number of methoxy groups -OCH3 is 1. The molecule has 0 spiro atoms. The molecule has 0 radical (unpaired) electrons. The van der Waals surface area contributed by atoms with Crippen LogP contribution in [-0.2, 0) is 0 Å². The predicted molar refractivity (Wildman–Crippen MR) is 67.1 cm³/mol. The molecule has 19 heavy (non-hydrogen) atoms. The van der Waals surface area contributed by atoms with Crippen molar-refractivity contribution in [3.05, 3.63) is 23.9 Å². The molecule has 0 aliphatic heterocycles. The monoisotopic (exact) mass is 276 g/mol. The highest BCUT2D eigenvalue weighted by atomic mass is 19.4. The predicted octanol–water partition coefficient (Wildman–Crippen LogP) is 3.47. The first-order chi connectivity index (χ1) is 8.98. The number of nitrogens with one attached hydrogen (secondary N) is 1. The first-order valence-corrected chi connectivity index (χ1v) is 6.27. The Kier molecular flexibility index (Phi) is 6.08. The molecule has 1 aromatic heterocycles. The summed E-state index contributed by atoms with van der Waals surface area (Å²) < 4.78 is 41.7. The Balaban J connectivity index is 2.71. The van der Waals surface area contributed by atoms with Crippen LogP contribution in [0.4, 0.5) is 13.2 Å². The zero-order valence-corrected chi connectivity index (χ0v) is 11.1. The number of rotatable bonds is 7. The lowest BCUT2D eigenvalue weighted by molar-refractivity contribution is -0.135. The Hall–Kier alpha value is -1.30. The van der Waals surface area contributed by atoms with Gasteiger partial charge in [-0.25, -0.2) is 4.98 Å². The normalized spacial score (nSPS) is 13.3. The second kappa shape index (κ2) is 7.33. The molecule has 3 nitrogen and oxygen atoms in total. The maximum absolute atomic E-state index is 12.2. The van der Waals surface area contributed by atoms with Crippen LogP contribution in [0.5, 0.6) is 5.88 Å². The molecule has 6 heteroatoms. The molecule has 108 valence electrons. The van der Waals surface area contributed by atoms with Crippen molar-refractivity contribution in [3.63, 3.8) is 0 Å². The van der Waals surface area contributed by atoms with Gasteiger partial charge < -0.3 is 10.1 Å². The van der Waals surface area contributed by atoms with Gasteiger partial charge in [0.15, 0.2) is 0 Å². The lowest BCUT2D eigenvalue weighted by Crippen LogP contribution is -2.22. The maximum Gasteiger partial charge on any atom is 0.389 e. The van der Waals surface area contributed by atoms with Crippen molar-refractivity contribution >= 4 is 0 Å². The summed E-state index contributed by atoms with van der Waals surface area (Å²) in [6.07, 6.45) is -2.79. The molecule has 0 aliphatic rings. The first-order valence-electron chi connectivity index (χ1n) is 6.27. The summed E-state index contributed by atoms with van der Waals surface area (Å²) in [5, 5.41) is 3.17. The van der Waals surface area contributed by atoms with Crippen molar-refractivity contribution in [3.8, 4) is 5.88 Å². The fourth-order valence-electron chi connectivity index (χ4n) is 1.96. The van der Waals surface area contributed by atoms with Crippen LogP contribution in [0.2, 0.25) is 0 Å². The molecule has 0 saturated carbocycles. The van der Waals surface area contributed by atoms with Crippen molar-refractivity contribution < 1.29 is 17.9 Å². The van der Waals surface area contributed by atoms with Crippen LogP contribution in [0.1, 0.15) is 37.8 Å². The molecular formula is C13H19F3N2O. The Morgan fingerprint density at radius 2 is 2.16 bits per heavy atom. The fourth-order valence-corrected chi connectivity index (χ4v) is 1.96. The van der Waals surface area contributed by atoms with Crippen molar-refractivity contribution in [2.45, 2.75) is 38.4 Å². The number of pyridine rings is 1. The third kappa shape index (κ3) is 5.46. The third-order valence-electron chi connectivity index (χ3n) is 2.77. The number of hydrogen-bond donors (Lipinski definition) is 1. The van der Waals surface area contributed by atoms with E-state index < -0.39 is 12.6 Å². The van der Waals surface area contributed by atoms with Gasteiger partial charge in [-0.15, -0.1) is 0 Å². The highest BCUT2D eigenvalue weighted by molar-refractivity contribution is 5.28. The SMILES string of the molecule is CCNC(CCCC(F)(F)F)c1cccnc1OC. The van der Waals surface area contributed by atoms with E-state index in [4.69, 9.17) is 4.74 Å². The van der Waals surface area contributed by atoms with E-state index >= 15 is 0 Å². The highest BCUT2D eigenvalue weighted by Gasteiger charge is 2.27. The van der Waals surface area contributed by atoms with Gasteiger partial charge in [-0.05, 0) is 25.5 Å². The van der Waals surface area contributed by atoms with Crippen LogP contribution in [-0.4, -0.2) is 24.8 Å². The number of nitrogens with zero attached hydrogens (tertiary/aromatic N) is 1. The minimum atomic E-state index is -4.10. The molecule has 1 unspecified atom stereocenters. The molecule has 1 atom stereocenters. The van der Waals surface area contributed by atoms with Crippen LogP contribution in [0, 0.1) is 0 Å². The zero-order valence-electron chi connectivity index (χ0n) is 11.1. The second-order valence-corrected chi connectivity index (χ2v) is 4.22. The number of halogens is 3. The number of hydrogen-bond acceptors (Lipinski definition) is 3. The molecule has 1 aromatic rings. The van der Waals surface area contributed by atoms with Crippen LogP contribution in [0.15, 0.2) is 18.3 Å². The van der Waals surface area contributed by atoms with Gasteiger partial charge in [0.05, 0.1) is 7.11 Å². The molecule has 0 bridgehead atoms. The summed E-state index contributed by atoms with van der Waals surface area (Å²) >= 11 is 0. The van der Waals surface area contributed by atoms with E-state index in [-0.39, 0.29) is 12.5 Å². The van der Waals surface area contributed by atoms with Gasteiger partial charge in [0.1, 0.15) is 0 Å². The van der Waals surface area contributed by atoms with Crippen molar-refractivity contribution in [1.82, 2.24) is 10.3 Å². The lowest BCUT2D eigenvalue weighted by atomic mass is 10.0. The van der Waals surface area contributed by atoms with Gasteiger partial charge in [0.2, 0.25) is 5.88 Å². The quantitative estimate of drug-likeness (QED) is 0.828. The average Bonchev–Trinajstić information content (AvgIpc) is 2.36. The zero-order chi connectivity index (χ0) is 14.3. The average molecular weight is 276 g/mol. The van der Waals surface area contributed by atoms with Crippen molar-refractivity contribution in [2.75, 3.05) is 13.7 Å². The standard InChI is InChI=1S/C13H19F3N2O/c1-3-17-11(7-4-8-13(14,15)16)10-6-5-9-18-12(10)19-2/h5-6,9,11,17H,3-4,7-8H2,1-2H3. The van der Waals surface area contributed by atoms with E-state index in [1.807, 2.05) is 13.0 Å². The fraction of sp³-hybridized carbons (Fsp3) is 0.615. The Labute approximate surface area is 111 Å². The summed E-state index contributed by atoms with van der Waals surface area (Å²) in [4.78, 5) is 4.07. The molecule has 1 N–H and O–H groups in total. The van der Waals surface area contributed by atoms with E-state index in [0.717, 1.165) is 5.56 Å². The van der Waals surface area contributed by atoms with Gasteiger partial charge >= 0.3 is 6.18 Å². The lowest BCUT2D eigenvalue weighted by Gasteiger charge is -2.20. The first kappa shape index (κ1) is 15.8. The molecule has 1 rings (SSSR count). The van der Waals surface area contributed by atoms with Crippen LogP contribution < -0.4 is 10.1 Å². The second-order valence-electron chi connectivity index (χ2n) is 4.22. The minimum absolute atomic E-state index is 0.0826. The molecule has 0 aliphatic carbocycles. The highest BCUT2D eigenvalue weighted by Crippen LogP contribution is 2.29. The molecule has 1 heterocycles. The van der Waals surface area contributed by atoms with E-state index in [2.05, 4.69) is 10.3 Å². The Morgan fingerprint density at radius 3 is 2.74 bits per heavy atom. The van der Waals surface area contributed by atoms with Crippen molar-refractivity contribution in [1.29, 1.82) is 0 Å². The topological polar surface area (TPSA) is 34.2 Å². The minimum Gasteiger partial charge on any atom is -0.481 e. The number of alkyl halides is 3. The Bertz CT molecular complexity index is 382. The van der Waals surface area contributed by atoms with Gasteiger partial charge in [0.25, 0.3) is 0 Å². The molecule has 0 aromatic carbocycles. The van der Waals surface area contributed by atoms with E-state index in [9.17, 15) is 13.2 Å². The maximum atomic E-state index is 12.2. The van der Waals surface area contributed by atoms with Gasteiger partial charge in [0, 0.05) is 24.2 Å². The summed E-state index contributed by atoms with van der Waals surface area (Å²) in [6.45, 7) is 2.59. The summed E-state index contributed by atoms with van der Waals surface area (Å²) in [5.74, 6) is 0.459. The number of aromatic nitrogens is 1. The Morgan fingerprint density at radius 1 is 1.42 bits per heavy atom. The molecule has 0 amide bonds. The van der Waals surface area contributed by atoms with E-state index in [1.54, 1.807) is 12.3 Å². The molecule has 0 fully saturated rings. The summed E-state index contributed by atoms with van der Waals surface area (Å²) in [6, 6.07) is 3.41.